The molecule has 0 bridgehead atoms. The molecule has 4 heteroatoms. The number of ether oxygens (including phenoxy) is 1. The predicted molar refractivity (Wildman–Crippen MR) is 90.2 cm³/mol. The van der Waals surface area contributed by atoms with E-state index in [0.717, 1.165) is 32.2 Å². The Bertz CT molecular complexity index is 613. The highest BCUT2D eigenvalue weighted by molar-refractivity contribution is 9.10. The molecule has 106 valence electrons. The van der Waals surface area contributed by atoms with Gasteiger partial charge in [-0.3, -0.25) is 0 Å². The van der Waals surface area contributed by atoms with Gasteiger partial charge < -0.3 is 10.5 Å². The molecule has 0 aromatic heterocycles. The highest BCUT2D eigenvalue weighted by Crippen LogP contribution is 2.28. The normalized spacial score (nSPS) is 12.2. The molecule has 2 aromatic carbocycles. The maximum absolute atomic E-state index is 6.33. The van der Waals surface area contributed by atoms with E-state index >= 15 is 0 Å². The number of benzene rings is 2. The lowest BCUT2D eigenvalue weighted by Gasteiger charge is -2.16. The van der Waals surface area contributed by atoms with E-state index < -0.39 is 0 Å². The Balaban J connectivity index is 2.24. The molecular formula is C16H17Br2NO. The van der Waals surface area contributed by atoms with E-state index in [-0.39, 0.29) is 6.04 Å². The molecule has 2 nitrogen and oxygen atoms in total. The fourth-order valence-corrected chi connectivity index (χ4v) is 2.91. The van der Waals surface area contributed by atoms with Crippen LogP contribution in [0.4, 0.5) is 0 Å². The largest absolute Gasteiger partial charge is 0.496 e. The third-order valence-corrected chi connectivity index (χ3v) is 4.65. The molecule has 0 heterocycles. The average Bonchev–Trinajstić information content (AvgIpc) is 2.42. The smallest absolute Gasteiger partial charge is 0.122 e. The van der Waals surface area contributed by atoms with Crippen molar-refractivity contribution in [2.75, 3.05) is 7.11 Å². The summed E-state index contributed by atoms with van der Waals surface area (Å²) in [5.41, 5.74) is 9.76. The van der Waals surface area contributed by atoms with Crippen LogP contribution in [0.5, 0.6) is 5.75 Å². The molecule has 0 aliphatic carbocycles. The lowest BCUT2D eigenvalue weighted by Crippen LogP contribution is -2.14. The van der Waals surface area contributed by atoms with Crippen LogP contribution in [0.15, 0.2) is 45.3 Å². The number of methoxy groups -OCH3 is 1. The van der Waals surface area contributed by atoms with Gasteiger partial charge in [0.2, 0.25) is 0 Å². The van der Waals surface area contributed by atoms with Crippen LogP contribution in [0.25, 0.3) is 0 Å². The standard InChI is InChI=1S/C16H17Br2NO/c1-10-3-4-11(8-14(10)18)15(19)9-12-7-13(17)5-6-16(12)20-2/h3-8,15H,9,19H2,1-2H3. The first-order valence-corrected chi connectivity index (χ1v) is 7.94. The molecule has 0 radical (unpaired) electrons. The SMILES string of the molecule is COc1ccc(Br)cc1CC(N)c1ccc(C)c(Br)c1. The minimum Gasteiger partial charge on any atom is -0.496 e. The highest BCUT2D eigenvalue weighted by atomic mass is 79.9. The first kappa shape index (κ1) is 15.5. The van der Waals surface area contributed by atoms with E-state index in [1.165, 1.54) is 5.56 Å². The number of rotatable bonds is 4. The maximum Gasteiger partial charge on any atom is 0.122 e. The van der Waals surface area contributed by atoms with Gasteiger partial charge in [-0.2, -0.15) is 0 Å². The second-order valence-electron chi connectivity index (χ2n) is 4.78. The molecule has 20 heavy (non-hydrogen) atoms. The van der Waals surface area contributed by atoms with Gasteiger partial charge >= 0.3 is 0 Å². The zero-order valence-electron chi connectivity index (χ0n) is 11.5. The minimum absolute atomic E-state index is 0.0601. The summed E-state index contributed by atoms with van der Waals surface area (Å²) < 4.78 is 7.52. The highest BCUT2D eigenvalue weighted by Gasteiger charge is 2.12. The Hall–Kier alpha value is -0.840. The summed E-state index contributed by atoms with van der Waals surface area (Å²) in [6.07, 6.45) is 0.734. The second kappa shape index (κ2) is 6.74. The number of hydrogen-bond acceptors (Lipinski definition) is 2. The fourth-order valence-electron chi connectivity index (χ4n) is 2.10. The first-order chi connectivity index (χ1) is 9.51. The summed E-state index contributed by atoms with van der Waals surface area (Å²) in [6, 6.07) is 12.2. The first-order valence-electron chi connectivity index (χ1n) is 6.35. The van der Waals surface area contributed by atoms with Gasteiger partial charge in [-0.1, -0.05) is 44.0 Å². The molecule has 0 spiro atoms. The molecule has 2 rings (SSSR count). The van der Waals surface area contributed by atoms with Crippen molar-refractivity contribution in [1.29, 1.82) is 0 Å². The molecule has 0 aliphatic heterocycles. The molecule has 0 saturated carbocycles. The molecule has 0 saturated heterocycles. The van der Waals surface area contributed by atoms with Gasteiger partial charge in [-0.05, 0) is 54.3 Å². The van der Waals surface area contributed by atoms with Crippen molar-refractivity contribution in [2.24, 2.45) is 5.73 Å². The van der Waals surface area contributed by atoms with Gasteiger partial charge in [0, 0.05) is 15.0 Å². The molecule has 0 aliphatic rings. The third kappa shape index (κ3) is 3.62. The van der Waals surface area contributed by atoms with E-state index in [2.05, 4.69) is 63.0 Å². The van der Waals surface area contributed by atoms with Gasteiger partial charge in [0.15, 0.2) is 0 Å². The Labute approximate surface area is 136 Å². The summed E-state index contributed by atoms with van der Waals surface area (Å²) in [5.74, 6) is 0.870. The second-order valence-corrected chi connectivity index (χ2v) is 6.55. The van der Waals surface area contributed by atoms with Gasteiger partial charge in [0.25, 0.3) is 0 Å². The summed E-state index contributed by atoms with van der Waals surface area (Å²) in [7, 11) is 1.68. The topological polar surface area (TPSA) is 35.2 Å². The van der Waals surface area contributed by atoms with Crippen LogP contribution in [0.2, 0.25) is 0 Å². The number of aryl methyl sites for hydroxylation is 1. The minimum atomic E-state index is -0.0601. The molecule has 2 aromatic rings. The van der Waals surface area contributed by atoms with E-state index in [1.54, 1.807) is 7.11 Å². The van der Waals surface area contributed by atoms with Gasteiger partial charge in [0.05, 0.1) is 7.11 Å². The van der Waals surface area contributed by atoms with Crippen molar-refractivity contribution < 1.29 is 4.74 Å². The Kier molecular flexibility index (Phi) is 5.24. The Morgan fingerprint density at radius 2 is 1.90 bits per heavy atom. The number of hydrogen-bond donors (Lipinski definition) is 1. The van der Waals surface area contributed by atoms with E-state index in [4.69, 9.17) is 10.5 Å². The lowest BCUT2D eigenvalue weighted by molar-refractivity contribution is 0.408. The van der Waals surface area contributed by atoms with Gasteiger partial charge in [-0.25, -0.2) is 0 Å². The average molecular weight is 399 g/mol. The molecule has 2 N–H and O–H groups in total. The van der Waals surface area contributed by atoms with E-state index in [0.29, 0.717) is 0 Å². The van der Waals surface area contributed by atoms with Crippen LogP contribution in [0.1, 0.15) is 22.7 Å². The third-order valence-electron chi connectivity index (χ3n) is 3.31. The van der Waals surface area contributed by atoms with Gasteiger partial charge in [-0.15, -0.1) is 0 Å². The summed E-state index contributed by atoms with van der Waals surface area (Å²) >= 11 is 7.04. The van der Waals surface area contributed by atoms with Crippen molar-refractivity contribution in [1.82, 2.24) is 0 Å². The molecular weight excluding hydrogens is 382 g/mol. The Morgan fingerprint density at radius 3 is 2.55 bits per heavy atom. The van der Waals surface area contributed by atoms with Crippen molar-refractivity contribution in [3.05, 3.63) is 62.0 Å². The fraction of sp³-hybridized carbons (Fsp3) is 0.250. The van der Waals surface area contributed by atoms with Crippen molar-refractivity contribution in [3.8, 4) is 5.75 Å². The number of nitrogens with two attached hydrogens (primary N) is 1. The summed E-state index contributed by atoms with van der Waals surface area (Å²) in [6.45, 7) is 2.07. The van der Waals surface area contributed by atoms with Crippen LogP contribution < -0.4 is 10.5 Å². The van der Waals surface area contributed by atoms with E-state index in [1.807, 2.05) is 12.1 Å². The van der Waals surface area contributed by atoms with Crippen LogP contribution in [0, 0.1) is 6.92 Å². The van der Waals surface area contributed by atoms with Crippen molar-refractivity contribution in [2.45, 2.75) is 19.4 Å². The van der Waals surface area contributed by atoms with Crippen molar-refractivity contribution >= 4 is 31.9 Å². The molecule has 1 unspecified atom stereocenters. The number of halogens is 2. The molecule has 1 atom stereocenters. The zero-order valence-corrected chi connectivity index (χ0v) is 14.7. The Morgan fingerprint density at radius 1 is 1.15 bits per heavy atom. The van der Waals surface area contributed by atoms with Crippen LogP contribution in [-0.4, -0.2) is 7.11 Å². The van der Waals surface area contributed by atoms with Gasteiger partial charge in [0.1, 0.15) is 5.75 Å². The van der Waals surface area contributed by atoms with Crippen LogP contribution in [-0.2, 0) is 6.42 Å². The summed E-state index contributed by atoms with van der Waals surface area (Å²) in [5, 5.41) is 0. The van der Waals surface area contributed by atoms with Crippen LogP contribution >= 0.6 is 31.9 Å². The van der Waals surface area contributed by atoms with E-state index in [9.17, 15) is 0 Å². The molecule has 0 fully saturated rings. The zero-order chi connectivity index (χ0) is 14.7. The quantitative estimate of drug-likeness (QED) is 0.804. The maximum atomic E-state index is 6.33. The van der Waals surface area contributed by atoms with Crippen molar-refractivity contribution in [3.63, 3.8) is 0 Å². The monoisotopic (exact) mass is 397 g/mol. The summed E-state index contributed by atoms with van der Waals surface area (Å²) in [4.78, 5) is 0. The predicted octanol–water partition coefficient (Wildman–Crippen LogP) is 4.77. The molecule has 0 amide bonds. The lowest BCUT2D eigenvalue weighted by atomic mass is 9.98. The van der Waals surface area contributed by atoms with Crippen LogP contribution in [0.3, 0.4) is 0 Å².